The molecule has 0 atom stereocenters. The number of aromatic nitrogens is 3. The van der Waals surface area contributed by atoms with Crippen molar-refractivity contribution < 1.29 is 0 Å². The average Bonchev–Trinajstić information content (AvgIpc) is 2.86. The summed E-state index contributed by atoms with van der Waals surface area (Å²) in [5.74, 6) is 1.14. The van der Waals surface area contributed by atoms with Gasteiger partial charge in [0.25, 0.3) is 0 Å². The Kier molecular flexibility index (Phi) is 2.93. The Bertz CT molecular complexity index is 874. The summed E-state index contributed by atoms with van der Waals surface area (Å²) in [6, 6.07) is 12.6. The first kappa shape index (κ1) is 12.8. The van der Waals surface area contributed by atoms with Gasteiger partial charge >= 0.3 is 0 Å². The quantitative estimate of drug-likeness (QED) is 0.631. The fourth-order valence-electron chi connectivity index (χ4n) is 3.19. The van der Waals surface area contributed by atoms with Gasteiger partial charge in [-0.2, -0.15) is 0 Å². The fraction of sp³-hybridized carbons (Fsp3) is 0.294. The van der Waals surface area contributed by atoms with Crippen LogP contribution in [-0.4, -0.2) is 14.1 Å². The van der Waals surface area contributed by atoms with Crippen molar-refractivity contribution in [2.45, 2.75) is 25.8 Å². The van der Waals surface area contributed by atoms with Crippen LogP contribution in [0.5, 0.6) is 0 Å². The average molecular weight is 295 g/mol. The monoisotopic (exact) mass is 295 g/mol. The molecule has 3 nitrogen and oxygen atoms in total. The Morgan fingerprint density at radius 3 is 2.76 bits per heavy atom. The molecule has 0 N–H and O–H groups in total. The molecule has 0 spiro atoms. The van der Waals surface area contributed by atoms with Crippen LogP contribution in [0, 0.1) is 4.64 Å². The van der Waals surface area contributed by atoms with Crippen LogP contribution in [-0.2, 0) is 20.0 Å². The summed E-state index contributed by atoms with van der Waals surface area (Å²) in [6.45, 7) is 1.01. The molecule has 106 valence electrons. The zero-order valence-corrected chi connectivity index (χ0v) is 12.9. The zero-order valence-electron chi connectivity index (χ0n) is 12.0. The first-order valence-corrected chi connectivity index (χ1v) is 7.81. The minimum absolute atomic E-state index is 0.937. The van der Waals surface area contributed by atoms with Gasteiger partial charge in [-0.1, -0.05) is 42.5 Å². The van der Waals surface area contributed by atoms with Crippen molar-refractivity contribution in [2.24, 2.45) is 7.05 Å². The van der Waals surface area contributed by atoms with Gasteiger partial charge in [0.1, 0.15) is 16.1 Å². The van der Waals surface area contributed by atoms with E-state index in [4.69, 9.17) is 17.2 Å². The van der Waals surface area contributed by atoms with E-state index < -0.39 is 0 Å². The molecular formula is C17H17N3S. The summed E-state index contributed by atoms with van der Waals surface area (Å²) in [5.41, 5.74) is 3.38. The molecule has 0 fully saturated rings. The van der Waals surface area contributed by atoms with E-state index in [1.807, 2.05) is 6.07 Å². The second kappa shape index (κ2) is 4.81. The second-order valence-corrected chi connectivity index (χ2v) is 6.02. The molecule has 0 saturated heterocycles. The number of nitrogens with zero attached hydrogens (tertiary/aromatic N) is 3. The third-order valence-electron chi connectivity index (χ3n) is 4.32. The lowest BCUT2D eigenvalue weighted by molar-refractivity contribution is 0.507. The molecule has 0 amide bonds. The normalized spacial score (nSPS) is 14.3. The van der Waals surface area contributed by atoms with E-state index >= 15 is 0 Å². The van der Waals surface area contributed by atoms with E-state index in [9.17, 15) is 0 Å². The summed E-state index contributed by atoms with van der Waals surface area (Å²) in [4.78, 5) is 4.88. The summed E-state index contributed by atoms with van der Waals surface area (Å²) in [5, 5.41) is 1.09. The molecule has 21 heavy (non-hydrogen) atoms. The number of rotatable bonds is 1. The third-order valence-corrected chi connectivity index (χ3v) is 4.77. The van der Waals surface area contributed by atoms with Gasteiger partial charge in [0, 0.05) is 20.0 Å². The zero-order chi connectivity index (χ0) is 14.4. The lowest BCUT2D eigenvalue weighted by Gasteiger charge is -2.18. The van der Waals surface area contributed by atoms with Gasteiger partial charge in [-0.25, -0.2) is 4.98 Å². The van der Waals surface area contributed by atoms with Crippen molar-refractivity contribution in [3.05, 3.63) is 46.9 Å². The Morgan fingerprint density at radius 1 is 1.14 bits per heavy atom. The van der Waals surface area contributed by atoms with E-state index in [1.54, 1.807) is 0 Å². The standard InChI is InChI=1S/C17H17N3S/c1-19-14(12-7-3-2-4-8-12)11-13-16(19)18-15-9-5-6-10-20(15)17(13)21/h2-4,7-8,11H,5-6,9-10H2,1H3. The van der Waals surface area contributed by atoms with Crippen LogP contribution in [0.25, 0.3) is 22.3 Å². The molecule has 3 aromatic rings. The number of benzene rings is 1. The molecule has 3 heterocycles. The highest BCUT2D eigenvalue weighted by molar-refractivity contribution is 7.71. The van der Waals surface area contributed by atoms with Crippen molar-refractivity contribution in [2.75, 3.05) is 0 Å². The molecule has 1 aliphatic rings. The van der Waals surface area contributed by atoms with Gasteiger partial charge < -0.3 is 9.13 Å². The maximum atomic E-state index is 5.71. The van der Waals surface area contributed by atoms with Crippen molar-refractivity contribution in [3.63, 3.8) is 0 Å². The maximum absolute atomic E-state index is 5.71. The smallest absolute Gasteiger partial charge is 0.145 e. The highest BCUT2D eigenvalue weighted by Crippen LogP contribution is 2.28. The summed E-state index contributed by atoms with van der Waals surface area (Å²) >= 11 is 5.71. The summed E-state index contributed by atoms with van der Waals surface area (Å²) in [6.07, 6.45) is 3.45. The van der Waals surface area contributed by atoms with Gasteiger partial charge in [-0.3, -0.25) is 0 Å². The van der Waals surface area contributed by atoms with Crippen molar-refractivity contribution in [3.8, 4) is 11.3 Å². The summed E-state index contributed by atoms with van der Waals surface area (Å²) in [7, 11) is 2.08. The van der Waals surface area contributed by atoms with Gasteiger partial charge in [0.05, 0.1) is 11.1 Å². The van der Waals surface area contributed by atoms with Crippen molar-refractivity contribution in [1.82, 2.24) is 14.1 Å². The number of aryl methyl sites for hydroxylation is 2. The van der Waals surface area contributed by atoms with Crippen LogP contribution < -0.4 is 0 Å². The number of fused-ring (bicyclic) bond motifs is 2. The SMILES string of the molecule is Cn1c(-c2ccccc2)cc2c(=S)n3c(nc21)CCCC3. The lowest BCUT2D eigenvalue weighted by atomic mass is 10.1. The second-order valence-electron chi connectivity index (χ2n) is 5.63. The molecule has 1 aromatic carbocycles. The lowest BCUT2D eigenvalue weighted by Crippen LogP contribution is -2.16. The van der Waals surface area contributed by atoms with Crippen LogP contribution in [0.2, 0.25) is 0 Å². The van der Waals surface area contributed by atoms with Crippen LogP contribution >= 0.6 is 12.2 Å². The molecule has 4 rings (SSSR count). The fourth-order valence-corrected chi connectivity index (χ4v) is 3.54. The Labute approximate surface area is 128 Å². The molecule has 0 saturated carbocycles. The van der Waals surface area contributed by atoms with Gasteiger partial charge in [-0.15, -0.1) is 0 Å². The Morgan fingerprint density at radius 2 is 1.95 bits per heavy atom. The molecule has 0 bridgehead atoms. The van der Waals surface area contributed by atoms with E-state index in [-0.39, 0.29) is 0 Å². The molecule has 4 heteroatoms. The Balaban J connectivity index is 2.03. The van der Waals surface area contributed by atoms with Gasteiger partial charge in [-0.05, 0) is 24.5 Å². The molecule has 0 unspecified atom stereocenters. The number of hydrogen-bond acceptors (Lipinski definition) is 2. The van der Waals surface area contributed by atoms with E-state index in [1.165, 1.54) is 24.1 Å². The van der Waals surface area contributed by atoms with Crippen LogP contribution in [0.4, 0.5) is 0 Å². The predicted molar refractivity (Wildman–Crippen MR) is 87.9 cm³/mol. The third kappa shape index (κ3) is 1.94. The largest absolute Gasteiger partial charge is 0.328 e. The number of hydrogen-bond donors (Lipinski definition) is 0. The molecule has 1 aliphatic heterocycles. The van der Waals surface area contributed by atoms with Crippen molar-refractivity contribution >= 4 is 23.3 Å². The minimum Gasteiger partial charge on any atom is -0.328 e. The first-order valence-electron chi connectivity index (χ1n) is 7.40. The maximum Gasteiger partial charge on any atom is 0.145 e. The van der Waals surface area contributed by atoms with Gasteiger partial charge in [0.2, 0.25) is 0 Å². The van der Waals surface area contributed by atoms with Crippen LogP contribution in [0.3, 0.4) is 0 Å². The van der Waals surface area contributed by atoms with Crippen molar-refractivity contribution in [1.29, 1.82) is 0 Å². The van der Waals surface area contributed by atoms with E-state index in [2.05, 4.69) is 46.5 Å². The highest BCUT2D eigenvalue weighted by Gasteiger charge is 2.16. The Hall–Kier alpha value is -1.94. The molecule has 2 aromatic heterocycles. The first-order chi connectivity index (χ1) is 10.3. The van der Waals surface area contributed by atoms with Crippen LogP contribution in [0.15, 0.2) is 36.4 Å². The van der Waals surface area contributed by atoms with Gasteiger partial charge in [0.15, 0.2) is 0 Å². The summed E-state index contributed by atoms with van der Waals surface area (Å²) < 4.78 is 5.32. The van der Waals surface area contributed by atoms with E-state index in [0.717, 1.165) is 34.5 Å². The molecule has 0 radical (unpaired) electrons. The molecule has 0 aliphatic carbocycles. The minimum atomic E-state index is 0.937. The molecular weight excluding hydrogens is 278 g/mol. The van der Waals surface area contributed by atoms with Crippen LogP contribution in [0.1, 0.15) is 18.7 Å². The van der Waals surface area contributed by atoms with E-state index in [0.29, 0.717) is 0 Å². The topological polar surface area (TPSA) is 22.8 Å². The highest BCUT2D eigenvalue weighted by atomic mass is 32.1. The predicted octanol–water partition coefficient (Wildman–Crippen LogP) is 4.11.